The largest absolute Gasteiger partial charge is 0.427 e. The van der Waals surface area contributed by atoms with Gasteiger partial charge in [-0.15, -0.1) is 6.58 Å². The lowest BCUT2D eigenvalue weighted by Crippen LogP contribution is -2.52. The summed E-state index contributed by atoms with van der Waals surface area (Å²) in [7, 11) is 2.03. The molecule has 3 aromatic carbocycles. The van der Waals surface area contributed by atoms with Gasteiger partial charge >= 0.3 is 6.09 Å². The minimum Gasteiger partial charge on any atom is -0.427 e. The van der Waals surface area contributed by atoms with Crippen molar-refractivity contribution in [3.8, 4) is 0 Å². The molecule has 0 fully saturated rings. The minimum absolute atomic E-state index is 0.176. The molecule has 5 rings (SSSR count). The van der Waals surface area contributed by atoms with Crippen LogP contribution in [-0.2, 0) is 35.1 Å². The first-order valence-electron chi connectivity index (χ1n) is 12.1. The van der Waals surface area contributed by atoms with E-state index in [2.05, 4.69) is 34.8 Å². The first-order chi connectivity index (χ1) is 17.5. The van der Waals surface area contributed by atoms with Gasteiger partial charge in [0.1, 0.15) is 0 Å². The number of nitrogens with one attached hydrogen (secondary N) is 1. The molecule has 0 radical (unpaired) electrons. The van der Waals surface area contributed by atoms with E-state index in [0.717, 1.165) is 11.1 Å². The number of carbonyl (C=O) groups is 2. The Balaban J connectivity index is 1.53. The lowest BCUT2D eigenvalue weighted by atomic mass is 9.86. The zero-order valence-corrected chi connectivity index (χ0v) is 20.3. The smallest absolute Gasteiger partial charge is 0.413 e. The lowest BCUT2D eigenvalue weighted by molar-refractivity contribution is -0.153. The molecule has 6 heteroatoms. The molecule has 1 unspecified atom stereocenters. The minimum atomic E-state index is -1.48. The monoisotopic (exact) mass is 479 g/mol. The van der Waals surface area contributed by atoms with Crippen LogP contribution in [0.1, 0.15) is 23.1 Å². The maximum Gasteiger partial charge on any atom is 0.413 e. The van der Waals surface area contributed by atoms with E-state index in [-0.39, 0.29) is 12.3 Å². The van der Waals surface area contributed by atoms with Crippen molar-refractivity contribution >= 4 is 28.6 Å². The Bertz CT molecular complexity index is 1430. The van der Waals surface area contributed by atoms with Crippen molar-refractivity contribution in [1.29, 1.82) is 0 Å². The van der Waals surface area contributed by atoms with Crippen LogP contribution >= 0.6 is 0 Å². The summed E-state index contributed by atoms with van der Waals surface area (Å²) in [4.78, 5) is 28.8. The number of benzene rings is 3. The van der Waals surface area contributed by atoms with E-state index >= 15 is 0 Å². The Morgan fingerprint density at radius 3 is 2.58 bits per heavy atom. The van der Waals surface area contributed by atoms with Crippen molar-refractivity contribution in [1.82, 2.24) is 9.47 Å². The number of aryl methyl sites for hydroxylation is 1. The predicted octanol–water partition coefficient (Wildman–Crippen LogP) is 5.78. The number of cyclic esters (lactones) is 1. The van der Waals surface area contributed by atoms with Crippen LogP contribution in [0.5, 0.6) is 0 Å². The molecular weight excluding hydrogens is 450 g/mol. The average molecular weight is 480 g/mol. The number of para-hydroxylation sites is 2. The Morgan fingerprint density at radius 2 is 1.78 bits per heavy atom. The number of fused-ring (bicyclic) bond motifs is 2. The molecule has 2 amide bonds. The van der Waals surface area contributed by atoms with E-state index in [1.54, 1.807) is 17.0 Å². The highest BCUT2D eigenvalue weighted by Crippen LogP contribution is 2.41. The van der Waals surface area contributed by atoms with Gasteiger partial charge < -0.3 is 14.2 Å². The third-order valence-corrected chi connectivity index (χ3v) is 6.78. The fourth-order valence-electron chi connectivity index (χ4n) is 5.09. The number of carbonyl (C=O) groups excluding carboxylic acids is 2. The normalized spacial score (nSPS) is 16.6. The van der Waals surface area contributed by atoms with Gasteiger partial charge in [-0.05, 0) is 29.7 Å². The maximum absolute atomic E-state index is 14.4. The van der Waals surface area contributed by atoms with E-state index in [1.807, 2.05) is 67.7 Å². The van der Waals surface area contributed by atoms with E-state index in [9.17, 15) is 9.59 Å². The Hall–Kier alpha value is -4.32. The molecule has 0 saturated carbocycles. The number of anilines is 1. The molecule has 1 aliphatic rings. The second-order valence-electron chi connectivity index (χ2n) is 9.12. The fourth-order valence-corrected chi connectivity index (χ4v) is 5.09. The van der Waals surface area contributed by atoms with E-state index < -0.39 is 11.7 Å². The van der Waals surface area contributed by atoms with Gasteiger partial charge in [-0.3, -0.25) is 10.1 Å². The van der Waals surface area contributed by atoms with Crippen molar-refractivity contribution in [2.24, 2.45) is 7.05 Å². The van der Waals surface area contributed by atoms with Gasteiger partial charge in [0.05, 0.1) is 5.69 Å². The molecule has 4 aromatic rings. The highest BCUT2D eigenvalue weighted by atomic mass is 16.6. The first kappa shape index (κ1) is 23.4. The molecule has 2 heterocycles. The summed E-state index contributed by atoms with van der Waals surface area (Å²) >= 11 is 0. The van der Waals surface area contributed by atoms with E-state index in [4.69, 9.17) is 4.74 Å². The van der Waals surface area contributed by atoms with Gasteiger partial charge in [-0.2, -0.15) is 0 Å². The molecule has 1 N–H and O–H groups in total. The molecule has 0 spiro atoms. The number of ether oxygens (including phenoxy) is 1. The van der Waals surface area contributed by atoms with Gasteiger partial charge in [0.25, 0.3) is 5.91 Å². The Labute approximate surface area is 210 Å². The second kappa shape index (κ2) is 9.74. The molecule has 1 atom stereocenters. The van der Waals surface area contributed by atoms with Crippen LogP contribution in [0.25, 0.3) is 10.9 Å². The van der Waals surface area contributed by atoms with Crippen LogP contribution in [0.4, 0.5) is 10.5 Å². The van der Waals surface area contributed by atoms with Crippen molar-refractivity contribution < 1.29 is 14.3 Å². The first-order valence-corrected chi connectivity index (χ1v) is 12.1. The third-order valence-electron chi connectivity index (χ3n) is 6.78. The van der Waals surface area contributed by atoms with Crippen molar-refractivity contribution in [3.63, 3.8) is 0 Å². The van der Waals surface area contributed by atoms with Crippen LogP contribution in [0, 0.1) is 0 Å². The molecule has 0 bridgehead atoms. The standard InChI is InChI=1S/C30H29N3O3/c1-3-18-30(25-14-8-9-15-26(25)31-29(35)36-30)28(34)33(20-22-11-5-4-6-12-22)19-17-23-21-32(2)27-16-10-7-13-24(23)27/h3-16,21H,1,17-20H2,2H3,(H,31,35). The topological polar surface area (TPSA) is 63.6 Å². The number of rotatable bonds is 8. The number of nitrogens with zero attached hydrogens (tertiary/aromatic N) is 2. The summed E-state index contributed by atoms with van der Waals surface area (Å²) in [5.41, 5.74) is 3.06. The molecule has 182 valence electrons. The van der Waals surface area contributed by atoms with Crippen LogP contribution in [0.3, 0.4) is 0 Å². The van der Waals surface area contributed by atoms with Crippen LogP contribution in [0.2, 0.25) is 0 Å². The Morgan fingerprint density at radius 1 is 1.06 bits per heavy atom. The SMILES string of the molecule is C=CCC1(C(=O)N(CCc2cn(C)c3ccccc23)Cc2ccccc2)OC(=O)Nc2ccccc21. The summed E-state index contributed by atoms with van der Waals surface area (Å²) in [5, 5.41) is 3.90. The van der Waals surface area contributed by atoms with Gasteiger partial charge in [-0.1, -0.05) is 72.8 Å². The fraction of sp³-hybridized carbons (Fsp3) is 0.200. The third kappa shape index (κ3) is 4.26. The average Bonchev–Trinajstić information content (AvgIpc) is 3.22. The highest BCUT2D eigenvalue weighted by molar-refractivity contribution is 5.98. The van der Waals surface area contributed by atoms with Crippen LogP contribution < -0.4 is 5.32 Å². The van der Waals surface area contributed by atoms with E-state index in [0.29, 0.717) is 30.8 Å². The Kier molecular flexibility index (Phi) is 6.34. The molecule has 6 nitrogen and oxygen atoms in total. The van der Waals surface area contributed by atoms with Gasteiger partial charge in [0.2, 0.25) is 5.60 Å². The summed E-state index contributed by atoms with van der Waals surface area (Å²) in [6.07, 6.45) is 3.96. The van der Waals surface area contributed by atoms with E-state index in [1.165, 1.54) is 10.9 Å². The molecule has 1 aliphatic heterocycles. The number of aromatic nitrogens is 1. The zero-order valence-electron chi connectivity index (χ0n) is 20.3. The predicted molar refractivity (Wildman–Crippen MR) is 142 cm³/mol. The van der Waals surface area contributed by atoms with Crippen LogP contribution in [0.15, 0.2) is 97.7 Å². The highest BCUT2D eigenvalue weighted by Gasteiger charge is 2.49. The van der Waals surface area contributed by atoms with Gasteiger partial charge in [0.15, 0.2) is 0 Å². The number of amides is 2. The quantitative estimate of drug-likeness (QED) is 0.326. The molecule has 0 saturated heterocycles. The molecular formula is C30H29N3O3. The van der Waals surface area contributed by atoms with Crippen molar-refractivity contribution in [3.05, 3.63) is 114 Å². The number of hydrogen-bond donors (Lipinski definition) is 1. The summed E-state index contributed by atoms with van der Waals surface area (Å²) in [5.74, 6) is -0.256. The molecule has 36 heavy (non-hydrogen) atoms. The summed E-state index contributed by atoms with van der Waals surface area (Å²) in [6.45, 7) is 4.73. The second-order valence-corrected chi connectivity index (χ2v) is 9.12. The lowest BCUT2D eigenvalue weighted by Gasteiger charge is -2.40. The zero-order chi connectivity index (χ0) is 25.1. The van der Waals surface area contributed by atoms with Gasteiger partial charge in [0, 0.05) is 49.2 Å². The summed E-state index contributed by atoms with van der Waals surface area (Å²) < 4.78 is 7.94. The van der Waals surface area contributed by atoms with Crippen molar-refractivity contribution in [2.75, 3.05) is 11.9 Å². The summed E-state index contributed by atoms with van der Waals surface area (Å²) in [6, 6.07) is 25.4. The maximum atomic E-state index is 14.4. The number of hydrogen-bond acceptors (Lipinski definition) is 3. The molecule has 1 aromatic heterocycles. The van der Waals surface area contributed by atoms with Crippen LogP contribution in [-0.4, -0.2) is 28.0 Å². The van der Waals surface area contributed by atoms with Crippen molar-refractivity contribution in [2.45, 2.75) is 25.0 Å². The molecule has 0 aliphatic carbocycles. The van der Waals surface area contributed by atoms with Gasteiger partial charge in [-0.25, -0.2) is 4.79 Å².